The number of halogens is 1. The maximum Gasteiger partial charge on any atom is 0.264 e. The number of sulfonamides is 1. The lowest BCUT2D eigenvalue weighted by atomic mass is 10.2. The van der Waals surface area contributed by atoms with E-state index in [1.54, 1.807) is 36.0 Å². The smallest absolute Gasteiger partial charge is 0.264 e. The Morgan fingerprint density at radius 1 is 1.00 bits per heavy atom. The zero-order valence-corrected chi connectivity index (χ0v) is 22.1. The Morgan fingerprint density at radius 2 is 1.66 bits per heavy atom. The van der Waals surface area contributed by atoms with Gasteiger partial charge in [-0.05, 0) is 73.2 Å². The molecule has 0 unspecified atom stereocenters. The van der Waals surface area contributed by atoms with Gasteiger partial charge in [0, 0.05) is 17.3 Å². The summed E-state index contributed by atoms with van der Waals surface area (Å²) in [6.45, 7) is 2.08. The van der Waals surface area contributed by atoms with Crippen LogP contribution in [0.5, 0.6) is 5.75 Å². The Kier molecular flexibility index (Phi) is 9.89. The van der Waals surface area contributed by atoms with Crippen molar-refractivity contribution < 1.29 is 17.9 Å². The largest absolute Gasteiger partial charge is 0.497 e. The predicted octanol–water partition coefficient (Wildman–Crippen LogP) is 5.29. The minimum atomic E-state index is -3.96. The van der Waals surface area contributed by atoms with Crippen LogP contribution in [0.3, 0.4) is 0 Å². The van der Waals surface area contributed by atoms with E-state index in [0.717, 1.165) is 32.8 Å². The Hall–Kier alpha value is -2.68. The summed E-state index contributed by atoms with van der Waals surface area (Å²) in [5.74, 6) is 1.93. The van der Waals surface area contributed by atoms with Gasteiger partial charge in [0.2, 0.25) is 5.91 Å². The normalized spacial score (nSPS) is 11.2. The van der Waals surface area contributed by atoms with Gasteiger partial charge in [0.05, 0.1) is 17.7 Å². The molecule has 0 aliphatic rings. The van der Waals surface area contributed by atoms with Crippen molar-refractivity contribution in [1.29, 1.82) is 0 Å². The summed E-state index contributed by atoms with van der Waals surface area (Å²) in [5.41, 5.74) is 2.62. The molecular formula is C26H29ClN2O4S2. The van der Waals surface area contributed by atoms with E-state index in [9.17, 15) is 13.2 Å². The summed E-state index contributed by atoms with van der Waals surface area (Å²) in [5, 5.41) is 3.56. The quantitative estimate of drug-likeness (QED) is 0.321. The first-order valence-electron chi connectivity index (χ1n) is 11.1. The number of benzene rings is 3. The second-order valence-electron chi connectivity index (χ2n) is 7.91. The lowest BCUT2D eigenvalue weighted by molar-refractivity contribution is -0.119. The second-order valence-corrected chi connectivity index (χ2v) is 11.3. The fraction of sp³-hybridized carbons (Fsp3) is 0.269. The summed E-state index contributed by atoms with van der Waals surface area (Å²) in [6, 6.07) is 20.9. The summed E-state index contributed by atoms with van der Waals surface area (Å²) in [7, 11) is -2.44. The highest BCUT2D eigenvalue weighted by Crippen LogP contribution is 2.25. The maximum absolute atomic E-state index is 13.4. The number of hydrogen-bond donors (Lipinski definition) is 1. The van der Waals surface area contributed by atoms with Crippen LogP contribution in [0.25, 0.3) is 0 Å². The Labute approximate surface area is 216 Å². The summed E-state index contributed by atoms with van der Waals surface area (Å²) < 4.78 is 33.1. The van der Waals surface area contributed by atoms with Crippen LogP contribution in [-0.4, -0.2) is 40.3 Å². The number of nitrogens with one attached hydrogen (secondary N) is 1. The van der Waals surface area contributed by atoms with E-state index in [2.05, 4.69) is 5.32 Å². The number of anilines is 1. The van der Waals surface area contributed by atoms with Crippen LogP contribution in [0, 0.1) is 6.92 Å². The number of thioether (sulfide) groups is 1. The third-order valence-electron chi connectivity index (χ3n) is 5.23. The lowest BCUT2D eigenvalue weighted by Crippen LogP contribution is -2.41. The van der Waals surface area contributed by atoms with Gasteiger partial charge in [-0.3, -0.25) is 9.10 Å². The Morgan fingerprint density at radius 3 is 2.29 bits per heavy atom. The summed E-state index contributed by atoms with van der Waals surface area (Å²) >= 11 is 7.68. The summed E-state index contributed by atoms with van der Waals surface area (Å²) in [4.78, 5) is 12.8. The van der Waals surface area contributed by atoms with Crippen molar-refractivity contribution in [3.05, 3.63) is 88.9 Å². The van der Waals surface area contributed by atoms with E-state index >= 15 is 0 Å². The van der Waals surface area contributed by atoms with Crippen LogP contribution in [0.2, 0.25) is 5.02 Å². The molecule has 0 aliphatic carbocycles. The number of methoxy groups -OCH3 is 1. The molecule has 0 saturated heterocycles. The third-order valence-corrected chi connectivity index (χ3v) is 8.38. The van der Waals surface area contributed by atoms with Gasteiger partial charge in [-0.25, -0.2) is 8.42 Å². The molecule has 3 aromatic carbocycles. The highest BCUT2D eigenvalue weighted by molar-refractivity contribution is 7.98. The molecule has 0 aromatic heterocycles. The molecule has 3 rings (SSSR count). The van der Waals surface area contributed by atoms with Crippen molar-refractivity contribution in [3.63, 3.8) is 0 Å². The third kappa shape index (κ3) is 7.92. The van der Waals surface area contributed by atoms with Crippen molar-refractivity contribution in [1.82, 2.24) is 5.32 Å². The number of carbonyl (C=O) groups excluding carboxylic acids is 1. The van der Waals surface area contributed by atoms with Crippen LogP contribution in [-0.2, 0) is 20.6 Å². The van der Waals surface area contributed by atoms with Crippen molar-refractivity contribution in [2.45, 2.75) is 24.0 Å². The van der Waals surface area contributed by atoms with E-state index < -0.39 is 10.0 Å². The van der Waals surface area contributed by atoms with Gasteiger partial charge in [0.15, 0.2) is 0 Å². The van der Waals surface area contributed by atoms with Crippen LogP contribution in [0.1, 0.15) is 17.5 Å². The van der Waals surface area contributed by atoms with E-state index in [1.165, 1.54) is 24.8 Å². The molecule has 0 spiro atoms. The fourth-order valence-electron chi connectivity index (χ4n) is 3.26. The van der Waals surface area contributed by atoms with Crippen LogP contribution in [0.15, 0.2) is 77.7 Å². The first-order chi connectivity index (χ1) is 16.8. The number of hydrogen-bond acceptors (Lipinski definition) is 5. The molecule has 6 nitrogen and oxygen atoms in total. The standard InChI is InChI=1S/C26H29ClN2O4S2/c1-20-4-10-23(11-5-20)29(35(31,32)25-14-12-24(33-2)13-15-25)18-26(30)28-16-3-17-34-19-21-6-8-22(27)9-7-21/h4-15H,3,16-19H2,1-2H3,(H,28,30). The minimum Gasteiger partial charge on any atom is -0.497 e. The molecule has 0 radical (unpaired) electrons. The molecule has 0 atom stereocenters. The average molecular weight is 533 g/mol. The minimum absolute atomic E-state index is 0.0882. The first kappa shape index (κ1) is 26.9. The van der Waals surface area contributed by atoms with E-state index in [1.807, 2.05) is 43.3 Å². The molecular weight excluding hydrogens is 504 g/mol. The molecule has 1 amide bonds. The summed E-state index contributed by atoms with van der Waals surface area (Å²) in [6.07, 6.45) is 0.778. The Bertz CT molecular complexity index is 1200. The van der Waals surface area contributed by atoms with Crippen LogP contribution < -0.4 is 14.4 Å². The van der Waals surface area contributed by atoms with Gasteiger partial charge in [-0.15, -0.1) is 0 Å². The first-order valence-corrected chi connectivity index (χ1v) is 14.1. The topological polar surface area (TPSA) is 75.7 Å². The zero-order valence-electron chi connectivity index (χ0n) is 19.7. The molecule has 0 fully saturated rings. The second kappa shape index (κ2) is 12.9. The van der Waals surface area contributed by atoms with Crippen molar-refractivity contribution in [2.24, 2.45) is 0 Å². The number of amides is 1. The van der Waals surface area contributed by atoms with Gasteiger partial charge in [0.1, 0.15) is 12.3 Å². The SMILES string of the molecule is COc1ccc(S(=O)(=O)N(CC(=O)NCCCSCc2ccc(Cl)cc2)c2ccc(C)cc2)cc1. The van der Waals surface area contributed by atoms with Crippen molar-refractivity contribution in [2.75, 3.05) is 30.3 Å². The van der Waals surface area contributed by atoms with Crippen molar-refractivity contribution in [3.8, 4) is 5.75 Å². The zero-order chi connectivity index (χ0) is 25.3. The molecule has 0 saturated carbocycles. The number of ether oxygens (including phenoxy) is 1. The number of aryl methyl sites for hydroxylation is 1. The molecule has 0 aliphatic heterocycles. The van der Waals surface area contributed by atoms with Crippen LogP contribution in [0.4, 0.5) is 5.69 Å². The van der Waals surface area contributed by atoms with Gasteiger partial charge >= 0.3 is 0 Å². The molecule has 1 N–H and O–H groups in total. The monoisotopic (exact) mass is 532 g/mol. The molecule has 186 valence electrons. The van der Waals surface area contributed by atoms with Gasteiger partial charge < -0.3 is 10.1 Å². The predicted molar refractivity (Wildman–Crippen MR) is 144 cm³/mol. The van der Waals surface area contributed by atoms with Gasteiger partial charge in [0.25, 0.3) is 10.0 Å². The van der Waals surface area contributed by atoms with E-state index in [-0.39, 0.29) is 17.3 Å². The molecule has 9 heteroatoms. The maximum atomic E-state index is 13.4. The van der Waals surface area contributed by atoms with Gasteiger partial charge in [-0.1, -0.05) is 41.4 Å². The molecule has 0 heterocycles. The van der Waals surface area contributed by atoms with Crippen LogP contribution >= 0.6 is 23.4 Å². The molecule has 0 bridgehead atoms. The number of nitrogens with zero attached hydrogens (tertiary/aromatic N) is 1. The van der Waals surface area contributed by atoms with E-state index in [0.29, 0.717) is 18.0 Å². The lowest BCUT2D eigenvalue weighted by Gasteiger charge is -2.24. The van der Waals surface area contributed by atoms with Crippen molar-refractivity contribution >= 4 is 45.0 Å². The highest BCUT2D eigenvalue weighted by Gasteiger charge is 2.27. The Balaban J connectivity index is 1.59. The van der Waals surface area contributed by atoms with E-state index in [4.69, 9.17) is 16.3 Å². The fourth-order valence-corrected chi connectivity index (χ4v) is 5.73. The molecule has 3 aromatic rings. The molecule has 35 heavy (non-hydrogen) atoms. The van der Waals surface area contributed by atoms with Gasteiger partial charge in [-0.2, -0.15) is 11.8 Å². The average Bonchev–Trinajstić information content (AvgIpc) is 2.86. The highest BCUT2D eigenvalue weighted by atomic mass is 35.5. The number of carbonyl (C=O) groups is 1. The number of rotatable bonds is 12.